The Morgan fingerprint density at radius 2 is 2.05 bits per heavy atom. The molecule has 1 aromatic carbocycles. The molecule has 0 spiro atoms. The Morgan fingerprint density at radius 3 is 2.81 bits per heavy atom. The first kappa shape index (κ1) is 13.9. The highest BCUT2D eigenvalue weighted by molar-refractivity contribution is 6.03. The van der Waals surface area contributed by atoms with E-state index in [4.69, 9.17) is 5.73 Å². The number of nitrogens with one attached hydrogen (secondary N) is 1. The van der Waals surface area contributed by atoms with Crippen molar-refractivity contribution in [3.63, 3.8) is 0 Å². The largest absolute Gasteiger partial charge is 0.397 e. The molecular weight excluding hydrogens is 264 g/mol. The van der Waals surface area contributed by atoms with E-state index in [1.165, 1.54) is 12.8 Å². The van der Waals surface area contributed by atoms with E-state index in [9.17, 15) is 4.79 Å². The second-order valence-electron chi connectivity index (χ2n) is 5.70. The van der Waals surface area contributed by atoms with Gasteiger partial charge in [0.1, 0.15) is 0 Å². The zero-order valence-corrected chi connectivity index (χ0v) is 12.3. The molecule has 1 fully saturated rings. The van der Waals surface area contributed by atoms with Gasteiger partial charge in [-0.2, -0.15) is 0 Å². The Morgan fingerprint density at radius 1 is 1.29 bits per heavy atom. The van der Waals surface area contributed by atoms with Crippen LogP contribution in [0.2, 0.25) is 0 Å². The van der Waals surface area contributed by atoms with Crippen LogP contribution in [0.15, 0.2) is 30.5 Å². The van der Waals surface area contributed by atoms with E-state index >= 15 is 0 Å². The van der Waals surface area contributed by atoms with E-state index in [1.807, 2.05) is 18.2 Å². The normalized spacial score (nSPS) is 19.0. The van der Waals surface area contributed by atoms with E-state index in [0.717, 1.165) is 31.0 Å². The van der Waals surface area contributed by atoms with Crippen LogP contribution in [-0.2, 0) is 0 Å². The Labute approximate surface area is 125 Å². The third kappa shape index (κ3) is 2.74. The molecule has 2 aliphatic heterocycles. The number of para-hydroxylation sites is 1. The topological polar surface area (TPSA) is 61.6 Å². The number of likely N-dealkylation sites (tertiary alicyclic amines) is 1. The first-order valence-electron chi connectivity index (χ1n) is 7.51. The highest BCUT2D eigenvalue weighted by atomic mass is 16.1. The maximum Gasteiger partial charge on any atom is 0.253 e. The predicted molar refractivity (Wildman–Crippen MR) is 85.3 cm³/mol. The number of hydrogen-bond acceptors (Lipinski definition) is 4. The van der Waals surface area contributed by atoms with Crippen LogP contribution in [0.25, 0.3) is 0 Å². The number of carbonyl (C=O) groups excluding carboxylic acids is 1. The number of anilines is 2. The van der Waals surface area contributed by atoms with Gasteiger partial charge in [0.25, 0.3) is 5.91 Å². The second kappa shape index (κ2) is 5.77. The van der Waals surface area contributed by atoms with Gasteiger partial charge in [0.15, 0.2) is 0 Å². The van der Waals surface area contributed by atoms with Crippen molar-refractivity contribution in [2.24, 2.45) is 0 Å². The minimum Gasteiger partial charge on any atom is -0.397 e. The van der Waals surface area contributed by atoms with Crippen molar-refractivity contribution >= 4 is 17.3 Å². The molecule has 2 aliphatic rings. The fraction of sp³-hybridized carbons (Fsp3) is 0.438. The zero-order chi connectivity index (χ0) is 14.8. The van der Waals surface area contributed by atoms with Crippen LogP contribution in [-0.4, -0.2) is 43.5 Å². The quantitative estimate of drug-likeness (QED) is 0.825. The number of nitrogens with zero attached hydrogens (tertiary/aromatic N) is 2. The van der Waals surface area contributed by atoms with Crippen LogP contribution in [0, 0.1) is 0 Å². The number of hydrogen-bond donors (Lipinski definition) is 2. The van der Waals surface area contributed by atoms with Crippen molar-refractivity contribution in [2.45, 2.75) is 12.8 Å². The number of rotatable bonds is 3. The van der Waals surface area contributed by atoms with E-state index < -0.39 is 0 Å². The lowest BCUT2D eigenvalue weighted by Crippen LogP contribution is -2.34. The fourth-order valence-electron chi connectivity index (χ4n) is 3.13. The molecule has 1 saturated heterocycles. The summed E-state index contributed by atoms with van der Waals surface area (Å²) in [6.45, 7) is 8.64. The summed E-state index contributed by atoms with van der Waals surface area (Å²) in [6, 6.07) is 5.48. The van der Waals surface area contributed by atoms with Crippen molar-refractivity contribution in [1.29, 1.82) is 0 Å². The Hall–Kier alpha value is -2.01. The minimum absolute atomic E-state index is 0.0613. The lowest BCUT2D eigenvalue weighted by molar-refractivity contribution is 0.0958. The van der Waals surface area contributed by atoms with Gasteiger partial charge in [-0.05, 0) is 38.1 Å². The summed E-state index contributed by atoms with van der Waals surface area (Å²) < 4.78 is 0. The lowest BCUT2D eigenvalue weighted by atomic mass is 10.1. The molecule has 0 aliphatic carbocycles. The first-order chi connectivity index (χ1) is 10.2. The van der Waals surface area contributed by atoms with Gasteiger partial charge in [-0.15, -0.1) is 0 Å². The van der Waals surface area contributed by atoms with Crippen LogP contribution >= 0.6 is 0 Å². The number of nitrogen functional groups attached to an aromatic ring is 1. The molecular formula is C16H22N4O. The summed E-state index contributed by atoms with van der Waals surface area (Å²) in [5, 5.41) is 2.92. The van der Waals surface area contributed by atoms with Crippen LogP contribution in [0.5, 0.6) is 0 Å². The summed E-state index contributed by atoms with van der Waals surface area (Å²) in [5.41, 5.74) is 9.21. The van der Waals surface area contributed by atoms with Crippen LogP contribution in [0.3, 0.4) is 0 Å². The van der Waals surface area contributed by atoms with Crippen molar-refractivity contribution in [3.05, 3.63) is 36.0 Å². The van der Waals surface area contributed by atoms with Crippen LogP contribution in [0.4, 0.5) is 11.4 Å². The van der Waals surface area contributed by atoms with Gasteiger partial charge in [-0.1, -0.05) is 12.6 Å². The van der Waals surface area contributed by atoms with Crippen LogP contribution in [0.1, 0.15) is 23.2 Å². The first-order valence-corrected chi connectivity index (χ1v) is 7.51. The third-order valence-electron chi connectivity index (χ3n) is 4.19. The van der Waals surface area contributed by atoms with Crippen molar-refractivity contribution in [2.75, 3.05) is 43.4 Å². The second-order valence-corrected chi connectivity index (χ2v) is 5.70. The number of nitrogens with two attached hydrogens (primary N) is 1. The third-order valence-corrected chi connectivity index (χ3v) is 4.19. The average molecular weight is 286 g/mol. The number of benzene rings is 1. The monoisotopic (exact) mass is 286 g/mol. The highest BCUT2D eigenvalue weighted by Gasteiger charge is 2.25. The van der Waals surface area contributed by atoms with Gasteiger partial charge < -0.3 is 16.0 Å². The molecule has 0 saturated carbocycles. The maximum absolute atomic E-state index is 12.1. The van der Waals surface area contributed by atoms with E-state index in [0.29, 0.717) is 24.3 Å². The molecule has 5 heteroatoms. The van der Waals surface area contributed by atoms with E-state index in [1.54, 1.807) is 0 Å². The molecule has 0 atom stereocenters. The van der Waals surface area contributed by atoms with Crippen molar-refractivity contribution < 1.29 is 4.79 Å². The summed E-state index contributed by atoms with van der Waals surface area (Å²) in [4.78, 5) is 16.6. The van der Waals surface area contributed by atoms with Gasteiger partial charge in [0.2, 0.25) is 0 Å². The SMILES string of the molecule is C=C(CN1CCCC1)N1CCNC(=O)c2cccc(N)c21. The average Bonchev–Trinajstić information content (AvgIpc) is 2.90. The zero-order valence-electron chi connectivity index (χ0n) is 12.3. The molecule has 5 nitrogen and oxygen atoms in total. The Balaban J connectivity index is 1.89. The van der Waals surface area contributed by atoms with Gasteiger partial charge >= 0.3 is 0 Å². The summed E-state index contributed by atoms with van der Waals surface area (Å²) in [6.07, 6.45) is 2.51. The Bertz CT molecular complexity index is 563. The lowest BCUT2D eigenvalue weighted by Gasteiger charge is -2.29. The standard InChI is InChI=1S/C16H22N4O/c1-12(11-19-8-2-3-9-19)20-10-7-18-16(21)13-5-4-6-14(17)15(13)20/h4-6H,1-3,7-11,17H2,(H,18,21). The van der Waals surface area contributed by atoms with Crippen LogP contribution < -0.4 is 16.0 Å². The Kier molecular flexibility index (Phi) is 3.84. The van der Waals surface area contributed by atoms with Crippen molar-refractivity contribution in [1.82, 2.24) is 10.2 Å². The van der Waals surface area contributed by atoms with Gasteiger partial charge in [-0.25, -0.2) is 0 Å². The molecule has 112 valence electrons. The van der Waals surface area contributed by atoms with Gasteiger partial charge in [-0.3, -0.25) is 9.69 Å². The number of amides is 1. The molecule has 1 amide bonds. The summed E-state index contributed by atoms with van der Waals surface area (Å²) >= 11 is 0. The predicted octanol–water partition coefficient (Wildman–Crippen LogP) is 1.43. The van der Waals surface area contributed by atoms with Gasteiger partial charge in [0, 0.05) is 25.3 Å². The molecule has 0 radical (unpaired) electrons. The number of carbonyl (C=O) groups is 1. The molecule has 2 heterocycles. The smallest absolute Gasteiger partial charge is 0.253 e. The molecule has 0 bridgehead atoms. The molecule has 1 aromatic rings. The highest BCUT2D eigenvalue weighted by Crippen LogP contribution is 2.31. The maximum atomic E-state index is 12.1. The van der Waals surface area contributed by atoms with E-state index in [2.05, 4.69) is 21.7 Å². The summed E-state index contributed by atoms with van der Waals surface area (Å²) in [7, 11) is 0. The van der Waals surface area contributed by atoms with E-state index in [-0.39, 0.29) is 5.91 Å². The molecule has 3 rings (SSSR count). The van der Waals surface area contributed by atoms with Crippen molar-refractivity contribution in [3.8, 4) is 0 Å². The van der Waals surface area contributed by atoms with Gasteiger partial charge in [0.05, 0.1) is 16.9 Å². The molecule has 21 heavy (non-hydrogen) atoms. The fourth-order valence-corrected chi connectivity index (χ4v) is 3.13. The molecule has 0 aromatic heterocycles. The summed E-state index contributed by atoms with van der Waals surface area (Å²) in [5.74, 6) is -0.0613. The molecule has 3 N–H and O–H groups in total. The number of fused-ring (bicyclic) bond motifs is 1. The minimum atomic E-state index is -0.0613. The molecule has 0 unspecified atom stereocenters.